The Labute approximate surface area is 121 Å². The van der Waals surface area contributed by atoms with Crippen LogP contribution >= 0.6 is 11.6 Å². The fourth-order valence-corrected chi connectivity index (χ4v) is 3.63. The standard InChI is InChI=1S/C14H16ClN3O2/c1-14(2)19-10-4-3-8(11(10)20-14)9-7-17-13-12(15)16-5-6-18(9)13/h5-8,10-11H,3-4H2,1-2H3/t8-,10?,11?/m0/s1. The lowest BCUT2D eigenvalue weighted by atomic mass is 10.0. The highest BCUT2D eigenvalue weighted by atomic mass is 35.5. The first kappa shape index (κ1) is 12.6. The van der Waals surface area contributed by atoms with Crippen LogP contribution in [-0.4, -0.2) is 32.4 Å². The summed E-state index contributed by atoms with van der Waals surface area (Å²) >= 11 is 6.08. The third kappa shape index (κ3) is 1.77. The summed E-state index contributed by atoms with van der Waals surface area (Å²) in [5.74, 6) is -0.205. The topological polar surface area (TPSA) is 48.7 Å². The average molecular weight is 294 g/mol. The van der Waals surface area contributed by atoms with E-state index in [2.05, 4.69) is 9.97 Å². The zero-order valence-corrected chi connectivity index (χ0v) is 12.2. The zero-order chi connectivity index (χ0) is 13.9. The molecule has 0 radical (unpaired) electrons. The Morgan fingerprint density at radius 1 is 1.30 bits per heavy atom. The van der Waals surface area contributed by atoms with E-state index in [9.17, 15) is 0 Å². The molecule has 2 aromatic heterocycles. The molecule has 0 spiro atoms. The van der Waals surface area contributed by atoms with Gasteiger partial charge in [-0.25, -0.2) is 9.97 Å². The van der Waals surface area contributed by atoms with E-state index in [1.54, 1.807) is 6.20 Å². The quantitative estimate of drug-likeness (QED) is 0.811. The molecule has 4 rings (SSSR count). The van der Waals surface area contributed by atoms with Crippen LogP contribution in [0.25, 0.3) is 5.65 Å². The molecule has 6 heteroatoms. The van der Waals surface area contributed by atoms with E-state index in [-0.39, 0.29) is 18.1 Å². The normalized spacial score (nSPS) is 31.9. The van der Waals surface area contributed by atoms with Gasteiger partial charge in [0.15, 0.2) is 16.6 Å². The molecule has 2 fully saturated rings. The molecule has 1 aliphatic heterocycles. The lowest BCUT2D eigenvalue weighted by Gasteiger charge is -2.21. The van der Waals surface area contributed by atoms with Crippen molar-refractivity contribution in [1.29, 1.82) is 0 Å². The Morgan fingerprint density at radius 3 is 3.00 bits per heavy atom. The summed E-state index contributed by atoms with van der Waals surface area (Å²) in [4.78, 5) is 8.45. The van der Waals surface area contributed by atoms with Gasteiger partial charge in [0.05, 0.1) is 12.2 Å². The molecule has 2 unspecified atom stereocenters. The highest BCUT2D eigenvalue weighted by Crippen LogP contribution is 2.46. The Kier molecular flexibility index (Phi) is 2.61. The molecule has 1 saturated carbocycles. The predicted octanol–water partition coefficient (Wildman–Crippen LogP) is 2.78. The van der Waals surface area contributed by atoms with Gasteiger partial charge in [-0.15, -0.1) is 0 Å². The minimum Gasteiger partial charge on any atom is -0.345 e. The van der Waals surface area contributed by atoms with E-state index in [1.807, 2.05) is 30.6 Å². The summed E-state index contributed by atoms with van der Waals surface area (Å²) in [7, 11) is 0. The Hall–Kier alpha value is -1.17. The van der Waals surface area contributed by atoms with Crippen molar-refractivity contribution in [3.8, 4) is 0 Å². The van der Waals surface area contributed by atoms with Crippen LogP contribution in [0.3, 0.4) is 0 Å². The third-order valence-corrected chi connectivity index (χ3v) is 4.44. The number of hydrogen-bond donors (Lipinski definition) is 0. The number of rotatable bonds is 1. The van der Waals surface area contributed by atoms with Gasteiger partial charge in [-0.2, -0.15) is 0 Å². The Morgan fingerprint density at radius 2 is 2.15 bits per heavy atom. The highest BCUT2D eigenvalue weighted by Gasteiger charge is 2.50. The maximum atomic E-state index is 6.08. The van der Waals surface area contributed by atoms with Crippen LogP contribution < -0.4 is 0 Å². The van der Waals surface area contributed by atoms with Crippen molar-refractivity contribution >= 4 is 17.2 Å². The molecule has 1 aliphatic carbocycles. The maximum Gasteiger partial charge on any atom is 0.175 e. The third-order valence-electron chi connectivity index (χ3n) is 4.17. The first-order valence-corrected chi connectivity index (χ1v) is 7.26. The van der Waals surface area contributed by atoms with E-state index in [1.165, 1.54) is 0 Å². The molecule has 0 N–H and O–H groups in total. The fraction of sp³-hybridized carbons (Fsp3) is 0.571. The molecule has 2 aliphatic rings. The van der Waals surface area contributed by atoms with E-state index >= 15 is 0 Å². The van der Waals surface area contributed by atoms with E-state index in [4.69, 9.17) is 21.1 Å². The van der Waals surface area contributed by atoms with E-state index in [0.717, 1.165) is 18.5 Å². The van der Waals surface area contributed by atoms with Gasteiger partial charge in [-0.3, -0.25) is 4.40 Å². The lowest BCUT2D eigenvalue weighted by molar-refractivity contribution is -0.153. The van der Waals surface area contributed by atoms with Crippen LogP contribution in [0.15, 0.2) is 18.6 Å². The Balaban J connectivity index is 1.75. The molecule has 106 valence electrons. The summed E-state index contributed by atoms with van der Waals surface area (Å²) in [6, 6.07) is 0. The summed E-state index contributed by atoms with van der Waals surface area (Å²) in [6.45, 7) is 3.94. The van der Waals surface area contributed by atoms with Crippen LogP contribution in [0, 0.1) is 0 Å². The molecule has 1 saturated heterocycles. The number of nitrogens with zero attached hydrogens (tertiary/aromatic N) is 3. The number of aromatic nitrogens is 3. The molecule has 20 heavy (non-hydrogen) atoms. The van der Waals surface area contributed by atoms with Crippen LogP contribution in [0.2, 0.25) is 5.15 Å². The van der Waals surface area contributed by atoms with E-state index in [0.29, 0.717) is 10.8 Å². The van der Waals surface area contributed by atoms with Gasteiger partial charge in [0.1, 0.15) is 0 Å². The van der Waals surface area contributed by atoms with Crippen molar-refractivity contribution < 1.29 is 9.47 Å². The second-order valence-corrected chi connectivity index (χ2v) is 6.28. The van der Waals surface area contributed by atoms with Gasteiger partial charge >= 0.3 is 0 Å². The second kappa shape index (κ2) is 4.16. The van der Waals surface area contributed by atoms with Crippen molar-refractivity contribution in [2.45, 2.75) is 50.6 Å². The van der Waals surface area contributed by atoms with Gasteiger partial charge in [0.25, 0.3) is 0 Å². The molecule has 0 bridgehead atoms. The molecular formula is C14H16ClN3O2. The summed E-state index contributed by atoms with van der Waals surface area (Å²) < 4.78 is 14.0. The van der Waals surface area contributed by atoms with Crippen LogP contribution in [0.1, 0.15) is 38.3 Å². The SMILES string of the molecule is CC1(C)OC2CC[C@@H](c3cnc4c(Cl)nccn34)C2O1. The fourth-order valence-electron chi connectivity index (χ4n) is 3.43. The van der Waals surface area contributed by atoms with Crippen LogP contribution in [0.5, 0.6) is 0 Å². The zero-order valence-electron chi connectivity index (χ0n) is 11.4. The molecule has 3 heterocycles. The first-order valence-electron chi connectivity index (χ1n) is 6.88. The van der Waals surface area contributed by atoms with Gasteiger partial charge in [-0.05, 0) is 26.7 Å². The minimum atomic E-state index is -0.492. The van der Waals surface area contributed by atoms with Crippen molar-refractivity contribution in [3.63, 3.8) is 0 Å². The molecular weight excluding hydrogens is 278 g/mol. The predicted molar refractivity (Wildman–Crippen MR) is 73.8 cm³/mol. The van der Waals surface area contributed by atoms with Crippen molar-refractivity contribution in [1.82, 2.24) is 14.4 Å². The summed E-state index contributed by atoms with van der Waals surface area (Å²) in [5.41, 5.74) is 1.82. The van der Waals surface area contributed by atoms with Crippen LogP contribution in [-0.2, 0) is 9.47 Å². The molecule has 3 atom stereocenters. The van der Waals surface area contributed by atoms with Gasteiger partial charge < -0.3 is 9.47 Å². The summed E-state index contributed by atoms with van der Waals surface area (Å²) in [5, 5.41) is 0.428. The van der Waals surface area contributed by atoms with Crippen molar-refractivity contribution in [2.75, 3.05) is 0 Å². The molecule has 5 nitrogen and oxygen atoms in total. The number of halogens is 1. The monoisotopic (exact) mass is 293 g/mol. The summed E-state index contributed by atoms with van der Waals surface area (Å²) in [6.07, 6.45) is 7.81. The van der Waals surface area contributed by atoms with Gasteiger partial charge in [-0.1, -0.05) is 11.6 Å². The number of imidazole rings is 1. The average Bonchev–Trinajstić information content (AvgIpc) is 3.01. The number of fused-ring (bicyclic) bond motifs is 2. The van der Waals surface area contributed by atoms with Crippen molar-refractivity contribution in [3.05, 3.63) is 29.4 Å². The highest BCUT2D eigenvalue weighted by molar-refractivity contribution is 6.32. The van der Waals surface area contributed by atoms with Crippen LogP contribution in [0.4, 0.5) is 0 Å². The largest absolute Gasteiger partial charge is 0.345 e. The minimum absolute atomic E-state index is 0.0943. The molecule has 2 aromatic rings. The second-order valence-electron chi connectivity index (χ2n) is 5.92. The smallest absolute Gasteiger partial charge is 0.175 e. The van der Waals surface area contributed by atoms with E-state index < -0.39 is 5.79 Å². The number of hydrogen-bond acceptors (Lipinski definition) is 4. The van der Waals surface area contributed by atoms with Crippen molar-refractivity contribution in [2.24, 2.45) is 0 Å². The van der Waals surface area contributed by atoms with Gasteiger partial charge in [0, 0.05) is 30.2 Å². The lowest BCUT2D eigenvalue weighted by Crippen LogP contribution is -2.24. The molecule has 0 amide bonds. The molecule has 0 aromatic carbocycles. The maximum absolute atomic E-state index is 6.08. The Bertz CT molecular complexity index is 669. The number of ether oxygens (including phenoxy) is 2. The van der Waals surface area contributed by atoms with Gasteiger partial charge in [0.2, 0.25) is 0 Å². The first-order chi connectivity index (χ1) is 9.55.